The smallest absolute Gasteiger partial charge is 0.348 e. The van der Waals surface area contributed by atoms with Gasteiger partial charge in [0.2, 0.25) is 0 Å². The number of rotatable bonds is 6. The van der Waals surface area contributed by atoms with Crippen molar-refractivity contribution >= 4 is 5.91 Å². The Bertz CT molecular complexity index is 170. The maximum atomic E-state index is 11.7. The Morgan fingerprint density at radius 3 is 2.21 bits per heavy atom. The molecule has 0 heterocycles. The summed E-state index contributed by atoms with van der Waals surface area (Å²) in [6, 6.07) is 0. The minimum atomic E-state index is -4.77. The molecule has 0 rings (SSSR count). The second kappa shape index (κ2) is 6.64. The van der Waals surface area contributed by atoms with Crippen molar-refractivity contribution < 1.29 is 18.0 Å². The van der Waals surface area contributed by atoms with Crippen LogP contribution in [0.5, 0.6) is 0 Å². The predicted octanol–water partition coefficient (Wildman–Crippen LogP) is 1.18. The van der Waals surface area contributed by atoms with Crippen LogP contribution >= 0.6 is 0 Å². The molecule has 0 aliphatic carbocycles. The number of alkyl halides is 3. The molecule has 0 bridgehead atoms. The number of nitrogens with two attached hydrogens (primary N) is 1. The molecule has 1 amide bonds. The van der Waals surface area contributed by atoms with Crippen molar-refractivity contribution in [3.05, 3.63) is 0 Å². The molecule has 3 N–H and O–H groups in total. The number of unbranched alkanes of at least 4 members (excludes halogenated alkanes) is 3. The van der Waals surface area contributed by atoms with Crippen LogP contribution in [0.15, 0.2) is 0 Å². The Labute approximate surface area is 80.8 Å². The fourth-order valence-electron chi connectivity index (χ4n) is 0.925. The molecule has 0 unspecified atom stereocenters. The summed E-state index contributed by atoms with van der Waals surface area (Å²) in [4.78, 5) is 10.3. The molecule has 0 aromatic carbocycles. The van der Waals surface area contributed by atoms with Gasteiger partial charge in [-0.1, -0.05) is 12.8 Å². The van der Waals surface area contributed by atoms with Gasteiger partial charge in [-0.05, 0) is 19.4 Å². The topological polar surface area (TPSA) is 55.1 Å². The maximum Gasteiger partial charge on any atom is 0.471 e. The number of halogens is 3. The van der Waals surface area contributed by atoms with Gasteiger partial charge >= 0.3 is 12.1 Å². The van der Waals surface area contributed by atoms with Crippen LogP contribution in [0.1, 0.15) is 25.7 Å². The van der Waals surface area contributed by atoms with Crippen LogP contribution in [0.3, 0.4) is 0 Å². The molecule has 6 heteroatoms. The highest BCUT2D eigenvalue weighted by Gasteiger charge is 2.37. The van der Waals surface area contributed by atoms with Crippen LogP contribution in [0.25, 0.3) is 0 Å². The number of hydrogen-bond donors (Lipinski definition) is 2. The van der Waals surface area contributed by atoms with E-state index in [1.165, 1.54) is 0 Å². The van der Waals surface area contributed by atoms with E-state index in [0.29, 0.717) is 13.0 Å². The molecule has 0 saturated carbocycles. The van der Waals surface area contributed by atoms with E-state index in [1.807, 2.05) is 0 Å². The standard InChI is InChI=1S/C8H15F3N2O/c9-8(10,11)7(14)13-6-4-2-1-3-5-12/h1-6,12H2,(H,13,14). The molecule has 14 heavy (non-hydrogen) atoms. The zero-order valence-corrected chi connectivity index (χ0v) is 7.86. The van der Waals surface area contributed by atoms with E-state index in [9.17, 15) is 18.0 Å². The van der Waals surface area contributed by atoms with Gasteiger partial charge in [0.1, 0.15) is 0 Å². The number of nitrogens with one attached hydrogen (secondary N) is 1. The zero-order valence-electron chi connectivity index (χ0n) is 7.86. The molecule has 0 aliphatic heterocycles. The van der Waals surface area contributed by atoms with Crippen LogP contribution in [-0.2, 0) is 4.79 Å². The Kier molecular flexibility index (Phi) is 6.27. The monoisotopic (exact) mass is 212 g/mol. The van der Waals surface area contributed by atoms with Gasteiger partial charge in [-0.2, -0.15) is 13.2 Å². The molecule has 0 aromatic rings. The first kappa shape index (κ1) is 13.2. The third-order valence-corrected chi connectivity index (χ3v) is 1.67. The highest BCUT2D eigenvalue weighted by atomic mass is 19.4. The molecule has 0 radical (unpaired) electrons. The lowest BCUT2D eigenvalue weighted by molar-refractivity contribution is -0.173. The second-order valence-electron chi connectivity index (χ2n) is 2.96. The molecule has 3 nitrogen and oxygen atoms in total. The molecule has 84 valence electrons. The van der Waals surface area contributed by atoms with E-state index in [2.05, 4.69) is 0 Å². The molecular formula is C8H15F3N2O. The average molecular weight is 212 g/mol. The molecule has 0 saturated heterocycles. The summed E-state index contributed by atoms with van der Waals surface area (Å²) in [5.74, 6) is -1.86. The van der Waals surface area contributed by atoms with Gasteiger partial charge in [-0.15, -0.1) is 0 Å². The number of carbonyl (C=O) groups excluding carboxylic acids is 1. The van der Waals surface area contributed by atoms with Gasteiger partial charge < -0.3 is 11.1 Å². The van der Waals surface area contributed by atoms with Crippen molar-refractivity contribution in [2.24, 2.45) is 5.73 Å². The van der Waals surface area contributed by atoms with Gasteiger partial charge in [0, 0.05) is 6.54 Å². The first-order chi connectivity index (χ1) is 6.48. The van der Waals surface area contributed by atoms with Crippen molar-refractivity contribution in [1.82, 2.24) is 5.32 Å². The molecule has 0 atom stereocenters. The third kappa shape index (κ3) is 6.71. The molecule has 0 fully saturated rings. The van der Waals surface area contributed by atoms with E-state index in [0.717, 1.165) is 19.3 Å². The quantitative estimate of drug-likeness (QED) is 0.650. The van der Waals surface area contributed by atoms with E-state index in [4.69, 9.17) is 5.73 Å². The summed E-state index contributed by atoms with van der Waals surface area (Å²) in [7, 11) is 0. The lowest BCUT2D eigenvalue weighted by Gasteiger charge is -2.07. The van der Waals surface area contributed by atoms with Gasteiger partial charge in [0.15, 0.2) is 0 Å². The Balaban J connectivity index is 3.33. The van der Waals surface area contributed by atoms with Gasteiger partial charge in [-0.25, -0.2) is 0 Å². The Morgan fingerprint density at radius 2 is 1.71 bits per heavy atom. The summed E-state index contributed by atoms with van der Waals surface area (Å²) in [6.07, 6.45) is -1.67. The normalized spacial score (nSPS) is 11.4. The molecule has 0 aromatic heterocycles. The summed E-state index contributed by atoms with van der Waals surface area (Å²) in [5, 5.41) is 1.80. The van der Waals surface area contributed by atoms with Crippen molar-refractivity contribution in [2.75, 3.05) is 13.1 Å². The number of amides is 1. The maximum absolute atomic E-state index is 11.7. The second-order valence-corrected chi connectivity index (χ2v) is 2.96. The van der Waals surface area contributed by atoms with Crippen LogP contribution in [0.2, 0.25) is 0 Å². The Hall–Kier alpha value is -0.780. The van der Waals surface area contributed by atoms with Crippen LogP contribution in [-0.4, -0.2) is 25.2 Å². The van der Waals surface area contributed by atoms with Crippen molar-refractivity contribution in [3.8, 4) is 0 Å². The summed E-state index contributed by atoms with van der Waals surface area (Å²) in [6.45, 7) is 0.665. The van der Waals surface area contributed by atoms with Gasteiger partial charge in [0.25, 0.3) is 0 Å². The minimum Gasteiger partial charge on any atom is -0.348 e. The third-order valence-electron chi connectivity index (χ3n) is 1.67. The highest BCUT2D eigenvalue weighted by molar-refractivity contribution is 5.81. The zero-order chi connectivity index (χ0) is 11.0. The molecule has 0 spiro atoms. The highest BCUT2D eigenvalue weighted by Crippen LogP contribution is 2.13. The fraction of sp³-hybridized carbons (Fsp3) is 0.875. The first-order valence-corrected chi connectivity index (χ1v) is 4.53. The van der Waals surface area contributed by atoms with Crippen LogP contribution < -0.4 is 11.1 Å². The molecular weight excluding hydrogens is 197 g/mol. The first-order valence-electron chi connectivity index (χ1n) is 4.53. The van der Waals surface area contributed by atoms with E-state index in [-0.39, 0.29) is 6.54 Å². The van der Waals surface area contributed by atoms with Crippen LogP contribution in [0, 0.1) is 0 Å². The van der Waals surface area contributed by atoms with Crippen molar-refractivity contribution in [1.29, 1.82) is 0 Å². The van der Waals surface area contributed by atoms with Crippen LogP contribution in [0.4, 0.5) is 13.2 Å². The fourth-order valence-corrected chi connectivity index (χ4v) is 0.925. The Morgan fingerprint density at radius 1 is 1.14 bits per heavy atom. The predicted molar refractivity (Wildman–Crippen MR) is 46.6 cm³/mol. The van der Waals surface area contributed by atoms with E-state index < -0.39 is 12.1 Å². The minimum absolute atomic E-state index is 0.0723. The SMILES string of the molecule is NCCCCCCNC(=O)C(F)(F)F. The van der Waals surface area contributed by atoms with Gasteiger partial charge in [-0.3, -0.25) is 4.79 Å². The van der Waals surface area contributed by atoms with Crippen molar-refractivity contribution in [3.63, 3.8) is 0 Å². The number of carbonyl (C=O) groups is 1. The summed E-state index contributed by atoms with van der Waals surface area (Å²) < 4.78 is 35.0. The lowest BCUT2D eigenvalue weighted by atomic mass is 10.2. The van der Waals surface area contributed by atoms with E-state index in [1.54, 1.807) is 5.32 Å². The lowest BCUT2D eigenvalue weighted by Crippen LogP contribution is -2.37. The molecule has 0 aliphatic rings. The van der Waals surface area contributed by atoms with Crippen molar-refractivity contribution in [2.45, 2.75) is 31.9 Å². The van der Waals surface area contributed by atoms with Gasteiger partial charge in [0.05, 0.1) is 0 Å². The average Bonchev–Trinajstić information content (AvgIpc) is 2.09. The summed E-state index contributed by atoms with van der Waals surface area (Å²) in [5.41, 5.74) is 5.23. The summed E-state index contributed by atoms with van der Waals surface area (Å²) >= 11 is 0. The van der Waals surface area contributed by atoms with E-state index >= 15 is 0 Å². The number of hydrogen-bond acceptors (Lipinski definition) is 2. The largest absolute Gasteiger partial charge is 0.471 e.